The Kier molecular flexibility index (Phi) is 3.44. The molecule has 1 atom stereocenters. The van der Waals surface area contributed by atoms with E-state index >= 15 is 0 Å². The Morgan fingerprint density at radius 2 is 2.00 bits per heavy atom. The Morgan fingerprint density at radius 1 is 1.21 bits per heavy atom. The quantitative estimate of drug-likeness (QED) is 0.730. The third-order valence-electron chi connectivity index (χ3n) is 3.41. The molecule has 3 aromatic rings. The largest absolute Gasteiger partial charge is 0.388 e. The molecule has 19 heavy (non-hydrogen) atoms. The molecule has 1 unspecified atom stereocenters. The van der Waals surface area contributed by atoms with Crippen LogP contribution in [0.5, 0.6) is 0 Å². The molecule has 0 spiro atoms. The van der Waals surface area contributed by atoms with E-state index in [2.05, 4.69) is 49.6 Å². The van der Waals surface area contributed by atoms with Crippen LogP contribution in [0.4, 0.5) is 0 Å². The number of hydrogen-bond donors (Lipinski definition) is 1. The molecule has 0 aliphatic heterocycles. The zero-order valence-corrected chi connectivity index (χ0v) is 12.6. The van der Waals surface area contributed by atoms with Crippen LogP contribution in [0.1, 0.15) is 27.0 Å². The summed E-state index contributed by atoms with van der Waals surface area (Å²) >= 11 is 3.51. The molecule has 0 radical (unpaired) electrons. The fourth-order valence-corrected chi connectivity index (χ4v) is 4.45. The van der Waals surface area contributed by atoms with Gasteiger partial charge >= 0.3 is 0 Å². The Morgan fingerprint density at radius 3 is 2.74 bits per heavy atom. The molecule has 0 saturated carbocycles. The minimum atomic E-state index is -0.400. The van der Waals surface area contributed by atoms with Crippen molar-refractivity contribution in [1.82, 2.24) is 0 Å². The lowest BCUT2D eigenvalue weighted by Crippen LogP contribution is -2.01. The highest BCUT2D eigenvalue weighted by atomic mass is 32.1. The molecule has 0 aliphatic rings. The van der Waals surface area contributed by atoms with Crippen LogP contribution >= 0.6 is 22.7 Å². The Balaban J connectivity index is 1.91. The van der Waals surface area contributed by atoms with Gasteiger partial charge in [0.25, 0.3) is 0 Å². The average molecular weight is 288 g/mol. The summed E-state index contributed by atoms with van der Waals surface area (Å²) in [5.74, 6) is 0. The van der Waals surface area contributed by atoms with E-state index in [0.717, 1.165) is 5.56 Å². The highest BCUT2D eigenvalue weighted by Crippen LogP contribution is 2.32. The molecule has 0 saturated heterocycles. The molecule has 2 heterocycles. The topological polar surface area (TPSA) is 20.2 Å². The number of hydrogen-bond acceptors (Lipinski definition) is 3. The van der Waals surface area contributed by atoms with Gasteiger partial charge in [0.15, 0.2) is 0 Å². The van der Waals surface area contributed by atoms with Crippen molar-refractivity contribution in [2.45, 2.75) is 26.4 Å². The zero-order valence-electron chi connectivity index (χ0n) is 11.0. The number of fused-ring (bicyclic) bond motifs is 1. The molecular formula is C16H16OS2. The number of benzene rings is 1. The molecule has 1 aromatic carbocycles. The van der Waals surface area contributed by atoms with Crippen LogP contribution in [0.2, 0.25) is 0 Å². The van der Waals surface area contributed by atoms with Crippen LogP contribution in [-0.4, -0.2) is 5.11 Å². The van der Waals surface area contributed by atoms with E-state index in [0.29, 0.717) is 6.42 Å². The maximum absolute atomic E-state index is 10.5. The highest BCUT2D eigenvalue weighted by molar-refractivity contribution is 7.17. The van der Waals surface area contributed by atoms with Crippen molar-refractivity contribution in [3.05, 3.63) is 56.6 Å². The van der Waals surface area contributed by atoms with Crippen molar-refractivity contribution in [2.75, 3.05) is 0 Å². The van der Waals surface area contributed by atoms with Crippen LogP contribution in [-0.2, 0) is 6.42 Å². The number of rotatable bonds is 3. The minimum Gasteiger partial charge on any atom is -0.388 e. The van der Waals surface area contributed by atoms with Gasteiger partial charge in [-0.05, 0) is 47.9 Å². The van der Waals surface area contributed by atoms with Crippen LogP contribution in [0, 0.1) is 13.8 Å². The van der Waals surface area contributed by atoms with Crippen molar-refractivity contribution >= 4 is 32.8 Å². The number of aliphatic hydroxyl groups excluding tert-OH is 1. The number of thiophene rings is 2. The van der Waals surface area contributed by atoms with Gasteiger partial charge in [-0.15, -0.1) is 22.7 Å². The molecule has 98 valence electrons. The Labute approximate surface area is 121 Å². The van der Waals surface area contributed by atoms with Crippen LogP contribution < -0.4 is 0 Å². The van der Waals surface area contributed by atoms with Crippen molar-refractivity contribution in [3.8, 4) is 0 Å². The maximum Gasteiger partial charge on any atom is 0.0841 e. The summed E-state index contributed by atoms with van der Waals surface area (Å²) in [5.41, 5.74) is 2.33. The Bertz CT molecular complexity index is 708. The van der Waals surface area contributed by atoms with Gasteiger partial charge in [0.05, 0.1) is 6.10 Å². The molecule has 2 aromatic heterocycles. The first kappa shape index (κ1) is 12.9. The minimum absolute atomic E-state index is 0.400. The fraction of sp³-hybridized carbons (Fsp3) is 0.250. The van der Waals surface area contributed by atoms with Crippen molar-refractivity contribution in [3.63, 3.8) is 0 Å². The van der Waals surface area contributed by atoms with Crippen molar-refractivity contribution in [1.29, 1.82) is 0 Å². The van der Waals surface area contributed by atoms with Gasteiger partial charge in [-0.1, -0.05) is 18.2 Å². The van der Waals surface area contributed by atoms with E-state index in [1.54, 1.807) is 22.7 Å². The van der Waals surface area contributed by atoms with E-state index in [4.69, 9.17) is 0 Å². The summed E-state index contributed by atoms with van der Waals surface area (Å²) in [6.45, 7) is 4.18. The van der Waals surface area contributed by atoms with E-state index in [1.165, 1.54) is 25.4 Å². The molecule has 0 amide bonds. The van der Waals surface area contributed by atoms with Gasteiger partial charge in [0.1, 0.15) is 0 Å². The van der Waals surface area contributed by atoms with E-state index < -0.39 is 6.10 Å². The molecule has 3 rings (SSSR count). The van der Waals surface area contributed by atoms with Gasteiger partial charge < -0.3 is 5.11 Å². The summed E-state index contributed by atoms with van der Waals surface area (Å²) in [7, 11) is 0. The van der Waals surface area contributed by atoms with Crippen LogP contribution in [0.3, 0.4) is 0 Å². The zero-order chi connectivity index (χ0) is 13.4. The van der Waals surface area contributed by atoms with Gasteiger partial charge in [-0.3, -0.25) is 0 Å². The summed E-state index contributed by atoms with van der Waals surface area (Å²) in [6, 6.07) is 10.5. The van der Waals surface area contributed by atoms with Crippen LogP contribution in [0.25, 0.3) is 10.1 Å². The van der Waals surface area contributed by atoms with Gasteiger partial charge in [0.2, 0.25) is 0 Å². The second-order valence-corrected chi connectivity index (χ2v) is 7.22. The highest BCUT2D eigenvalue weighted by Gasteiger charge is 2.15. The Hall–Kier alpha value is -1.16. The lowest BCUT2D eigenvalue weighted by molar-refractivity contribution is 0.179. The second-order valence-electron chi connectivity index (χ2n) is 4.85. The summed E-state index contributed by atoms with van der Waals surface area (Å²) in [5, 5.41) is 13.9. The van der Waals surface area contributed by atoms with E-state index in [9.17, 15) is 5.11 Å². The molecular weight excluding hydrogens is 272 g/mol. The lowest BCUT2D eigenvalue weighted by Gasteiger charge is -2.09. The molecule has 0 aliphatic carbocycles. The van der Waals surface area contributed by atoms with E-state index in [1.807, 2.05) is 0 Å². The normalized spacial score (nSPS) is 13.0. The predicted octanol–water partition coefficient (Wildman–Crippen LogP) is 4.86. The summed E-state index contributed by atoms with van der Waals surface area (Å²) in [6.07, 6.45) is 0.295. The van der Waals surface area contributed by atoms with Gasteiger partial charge in [-0.25, -0.2) is 0 Å². The first-order valence-electron chi connectivity index (χ1n) is 6.35. The van der Waals surface area contributed by atoms with Crippen molar-refractivity contribution < 1.29 is 5.11 Å². The number of aliphatic hydroxyl groups is 1. The predicted molar refractivity (Wildman–Crippen MR) is 84.3 cm³/mol. The first-order valence-corrected chi connectivity index (χ1v) is 8.05. The summed E-state index contributed by atoms with van der Waals surface area (Å²) in [4.78, 5) is 2.49. The standard InChI is InChI=1S/C16H16OS2/c1-10-7-14(11(2)19-10)15(17)8-12-9-18-16-6-4-3-5-13(12)16/h3-7,9,15,17H,8H2,1-2H3. The number of aryl methyl sites for hydroxylation is 2. The van der Waals surface area contributed by atoms with Gasteiger partial charge in [-0.2, -0.15) is 0 Å². The second kappa shape index (κ2) is 5.08. The molecule has 1 nitrogen and oxygen atoms in total. The van der Waals surface area contributed by atoms with Crippen molar-refractivity contribution in [2.24, 2.45) is 0 Å². The lowest BCUT2D eigenvalue weighted by atomic mass is 10.0. The molecule has 3 heteroatoms. The summed E-state index contributed by atoms with van der Waals surface area (Å²) < 4.78 is 1.29. The van der Waals surface area contributed by atoms with E-state index in [-0.39, 0.29) is 0 Å². The third kappa shape index (κ3) is 2.46. The maximum atomic E-state index is 10.5. The smallest absolute Gasteiger partial charge is 0.0841 e. The monoisotopic (exact) mass is 288 g/mol. The van der Waals surface area contributed by atoms with Gasteiger partial charge in [0, 0.05) is 20.9 Å². The average Bonchev–Trinajstić information content (AvgIpc) is 2.94. The fourth-order valence-electron chi connectivity index (χ4n) is 2.49. The molecule has 1 N–H and O–H groups in total. The SMILES string of the molecule is Cc1cc(C(O)Cc2csc3ccccc23)c(C)s1. The molecule has 0 bridgehead atoms. The first-order chi connectivity index (χ1) is 9.15. The van der Waals surface area contributed by atoms with Crippen LogP contribution in [0.15, 0.2) is 35.7 Å². The third-order valence-corrected chi connectivity index (χ3v) is 5.41. The molecule has 0 fully saturated rings.